The predicted octanol–water partition coefficient (Wildman–Crippen LogP) is 2.34. The second kappa shape index (κ2) is 6.65. The monoisotopic (exact) mass is 327 g/mol. The van der Waals surface area contributed by atoms with E-state index in [9.17, 15) is 0 Å². The van der Waals surface area contributed by atoms with E-state index in [1.807, 2.05) is 31.3 Å². The summed E-state index contributed by atoms with van der Waals surface area (Å²) in [4.78, 5) is 11.3. The Hall–Kier alpha value is -2.34. The number of fused-ring (bicyclic) bond motifs is 2. The van der Waals surface area contributed by atoms with E-state index >= 15 is 0 Å². The number of benzene rings is 1. The first kappa shape index (κ1) is 15.2. The number of aromatic nitrogens is 2. The predicted molar refractivity (Wildman–Crippen MR) is 88.4 cm³/mol. The number of nitrogens with zero attached hydrogens (tertiary/aromatic N) is 3. The van der Waals surface area contributed by atoms with Gasteiger partial charge in [-0.3, -0.25) is 4.90 Å². The van der Waals surface area contributed by atoms with Gasteiger partial charge in [-0.25, -0.2) is 9.97 Å². The Bertz CT molecular complexity index is 735. The molecule has 126 valence electrons. The van der Waals surface area contributed by atoms with Crippen molar-refractivity contribution in [2.75, 3.05) is 26.5 Å². The minimum Gasteiger partial charge on any atom is -0.493 e. The maximum atomic E-state index is 5.82. The maximum Gasteiger partial charge on any atom is 0.231 e. The molecule has 0 amide bonds. The highest BCUT2D eigenvalue weighted by Gasteiger charge is 2.18. The van der Waals surface area contributed by atoms with Crippen LogP contribution >= 0.6 is 0 Å². The first-order valence-corrected chi connectivity index (χ1v) is 8.34. The van der Waals surface area contributed by atoms with Crippen LogP contribution in [0.15, 0.2) is 24.4 Å². The van der Waals surface area contributed by atoms with Crippen LogP contribution in [0.25, 0.3) is 0 Å². The summed E-state index contributed by atoms with van der Waals surface area (Å²) in [5, 5.41) is 0. The molecule has 0 saturated carbocycles. The Labute approximate surface area is 141 Å². The summed E-state index contributed by atoms with van der Waals surface area (Å²) in [5.41, 5.74) is 2.46. The van der Waals surface area contributed by atoms with Crippen LogP contribution in [0.1, 0.15) is 23.5 Å². The van der Waals surface area contributed by atoms with Crippen molar-refractivity contribution in [3.8, 4) is 17.2 Å². The van der Waals surface area contributed by atoms with Gasteiger partial charge in [0.05, 0.1) is 12.3 Å². The van der Waals surface area contributed by atoms with Gasteiger partial charge in [0.1, 0.15) is 11.6 Å². The van der Waals surface area contributed by atoms with Gasteiger partial charge in [0.15, 0.2) is 11.5 Å². The largest absolute Gasteiger partial charge is 0.493 e. The first-order chi connectivity index (χ1) is 11.8. The fourth-order valence-electron chi connectivity index (χ4n) is 3.09. The fraction of sp³-hybridized carbons (Fsp3) is 0.444. The molecule has 0 N–H and O–H groups in total. The van der Waals surface area contributed by atoms with Crippen LogP contribution in [0, 0.1) is 6.92 Å². The van der Waals surface area contributed by atoms with Crippen molar-refractivity contribution >= 4 is 0 Å². The molecular weight excluding hydrogens is 306 g/mol. The van der Waals surface area contributed by atoms with Gasteiger partial charge in [-0.2, -0.15) is 0 Å². The van der Waals surface area contributed by atoms with E-state index in [1.54, 1.807) is 0 Å². The molecular formula is C18H21N3O3. The second-order valence-corrected chi connectivity index (χ2v) is 6.13. The Morgan fingerprint density at radius 3 is 3.12 bits per heavy atom. The Morgan fingerprint density at radius 1 is 1.25 bits per heavy atom. The molecule has 24 heavy (non-hydrogen) atoms. The van der Waals surface area contributed by atoms with Crippen LogP contribution < -0.4 is 14.2 Å². The summed E-state index contributed by atoms with van der Waals surface area (Å²) in [5.74, 6) is 3.22. The molecule has 0 atom stereocenters. The molecule has 0 bridgehead atoms. The van der Waals surface area contributed by atoms with Gasteiger partial charge in [0.25, 0.3) is 0 Å². The number of hydrogen-bond donors (Lipinski definition) is 0. The van der Waals surface area contributed by atoms with E-state index in [1.165, 1.54) is 11.3 Å². The zero-order chi connectivity index (χ0) is 16.4. The molecule has 6 nitrogen and oxygen atoms in total. The smallest absolute Gasteiger partial charge is 0.231 e. The second-order valence-electron chi connectivity index (χ2n) is 6.13. The number of rotatable bonds is 5. The molecule has 0 spiro atoms. The van der Waals surface area contributed by atoms with E-state index in [-0.39, 0.29) is 6.79 Å². The molecule has 4 rings (SSSR count). The minimum absolute atomic E-state index is 0.290. The zero-order valence-corrected chi connectivity index (χ0v) is 13.8. The first-order valence-electron chi connectivity index (χ1n) is 8.34. The van der Waals surface area contributed by atoms with E-state index in [0.29, 0.717) is 6.61 Å². The van der Waals surface area contributed by atoms with Gasteiger partial charge in [0.2, 0.25) is 6.79 Å². The number of aryl methyl sites for hydroxylation is 1. The maximum absolute atomic E-state index is 5.82. The highest BCUT2D eigenvalue weighted by molar-refractivity contribution is 5.46. The lowest BCUT2D eigenvalue weighted by atomic mass is 10.1. The van der Waals surface area contributed by atoms with Crippen LogP contribution in [0.4, 0.5) is 0 Å². The van der Waals surface area contributed by atoms with Crippen molar-refractivity contribution in [3.05, 3.63) is 41.5 Å². The Kier molecular flexibility index (Phi) is 4.21. The Morgan fingerprint density at radius 2 is 2.17 bits per heavy atom. The lowest BCUT2D eigenvalue weighted by Gasteiger charge is -2.27. The molecule has 0 unspecified atom stereocenters. The summed E-state index contributed by atoms with van der Waals surface area (Å²) in [6, 6.07) is 5.70. The van der Waals surface area contributed by atoms with Crippen molar-refractivity contribution in [3.63, 3.8) is 0 Å². The molecule has 0 radical (unpaired) electrons. The van der Waals surface area contributed by atoms with Gasteiger partial charge in [-0.1, -0.05) is 0 Å². The molecule has 3 heterocycles. The number of hydrogen-bond acceptors (Lipinski definition) is 6. The van der Waals surface area contributed by atoms with E-state index in [4.69, 9.17) is 14.2 Å². The van der Waals surface area contributed by atoms with Gasteiger partial charge in [-0.05, 0) is 37.5 Å². The Balaban J connectivity index is 1.25. The van der Waals surface area contributed by atoms with Crippen molar-refractivity contribution in [1.82, 2.24) is 14.9 Å². The average molecular weight is 327 g/mol. The van der Waals surface area contributed by atoms with Crippen molar-refractivity contribution < 1.29 is 14.2 Å². The molecule has 2 aliphatic heterocycles. The van der Waals surface area contributed by atoms with Crippen molar-refractivity contribution in [2.45, 2.75) is 26.3 Å². The van der Waals surface area contributed by atoms with Crippen LogP contribution in [0.3, 0.4) is 0 Å². The third-order valence-electron chi connectivity index (χ3n) is 4.38. The summed E-state index contributed by atoms with van der Waals surface area (Å²) in [6.07, 6.45) is 3.98. The normalized spacial score (nSPS) is 16.0. The molecule has 0 aliphatic carbocycles. The van der Waals surface area contributed by atoms with E-state index < -0.39 is 0 Å². The lowest BCUT2D eigenvalue weighted by Crippen LogP contribution is -2.33. The van der Waals surface area contributed by atoms with E-state index in [0.717, 1.165) is 55.5 Å². The average Bonchev–Trinajstić information content (AvgIpc) is 3.06. The van der Waals surface area contributed by atoms with Gasteiger partial charge >= 0.3 is 0 Å². The lowest BCUT2D eigenvalue weighted by molar-refractivity contribution is 0.173. The van der Waals surface area contributed by atoms with Crippen LogP contribution in [-0.4, -0.2) is 41.4 Å². The summed E-state index contributed by atoms with van der Waals surface area (Å²) in [7, 11) is 0. The fourth-order valence-corrected chi connectivity index (χ4v) is 3.09. The molecule has 2 aromatic rings. The topological polar surface area (TPSA) is 56.7 Å². The molecule has 1 aromatic carbocycles. The summed E-state index contributed by atoms with van der Waals surface area (Å²) in [6.45, 7) is 5.89. The summed E-state index contributed by atoms with van der Waals surface area (Å²) < 4.78 is 16.5. The quantitative estimate of drug-likeness (QED) is 0.786. The SMILES string of the molecule is Cc1ncc2c(n1)CN(CCCOc1ccc3c(c1)OCO3)CC2. The zero-order valence-electron chi connectivity index (χ0n) is 13.8. The highest BCUT2D eigenvalue weighted by atomic mass is 16.7. The summed E-state index contributed by atoms with van der Waals surface area (Å²) >= 11 is 0. The van der Waals surface area contributed by atoms with Gasteiger partial charge in [-0.15, -0.1) is 0 Å². The molecule has 0 saturated heterocycles. The highest BCUT2D eigenvalue weighted by Crippen LogP contribution is 2.35. The molecule has 2 aliphatic rings. The molecule has 0 fully saturated rings. The number of ether oxygens (including phenoxy) is 3. The molecule has 6 heteroatoms. The van der Waals surface area contributed by atoms with Crippen LogP contribution in [-0.2, 0) is 13.0 Å². The van der Waals surface area contributed by atoms with Crippen molar-refractivity contribution in [2.24, 2.45) is 0 Å². The van der Waals surface area contributed by atoms with Crippen molar-refractivity contribution in [1.29, 1.82) is 0 Å². The standard InChI is InChI=1S/C18H21N3O3/c1-13-19-10-14-5-7-21(11-16(14)20-13)6-2-8-22-15-3-4-17-18(9-15)24-12-23-17/h3-4,9-10H,2,5-8,11-12H2,1H3. The van der Waals surface area contributed by atoms with E-state index in [2.05, 4.69) is 14.9 Å². The van der Waals surface area contributed by atoms with Crippen LogP contribution in [0.2, 0.25) is 0 Å². The third-order valence-corrected chi connectivity index (χ3v) is 4.38. The van der Waals surface area contributed by atoms with Gasteiger partial charge < -0.3 is 14.2 Å². The minimum atomic E-state index is 0.290. The van der Waals surface area contributed by atoms with Crippen LogP contribution in [0.5, 0.6) is 17.2 Å². The molecule has 1 aromatic heterocycles. The van der Waals surface area contributed by atoms with Gasteiger partial charge in [0, 0.05) is 31.9 Å². The third kappa shape index (κ3) is 3.28.